The molecule has 0 aromatic carbocycles. The molecule has 0 aromatic heterocycles. The van der Waals surface area contributed by atoms with Crippen LogP contribution in [0.3, 0.4) is 0 Å². The lowest BCUT2D eigenvalue weighted by atomic mass is 10.0. The van der Waals surface area contributed by atoms with Crippen molar-refractivity contribution >= 4 is 18.4 Å². The SMILES string of the molecule is CC1(C)[C@@H]2[C@@H](C(=O)O)NC[C@H]21.Cl. The van der Waals surface area contributed by atoms with Crippen molar-refractivity contribution in [3.05, 3.63) is 0 Å². The maximum atomic E-state index is 10.7. The van der Waals surface area contributed by atoms with Crippen molar-refractivity contribution in [2.24, 2.45) is 17.3 Å². The Morgan fingerprint density at radius 3 is 2.42 bits per heavy atom. The molecule has 1 heterocycles. The molecule has 2 N–H and O–H groups in total. The molecule has 3 nitrogen and oxygen atoms in total. The van der Waals surface area contributed by atoms with Gasteiger partial charge in [-0.25, -0.2) is 0 Å². The molecule has 70 valence electrons. The van der Waals surface area contributed by atoms with Crippen LogP contribution in [0.5, 0.6) is 0 Å². The Morgan fingerprint density at radius 1 is 1.58 bits per heavy atom. The van der Waals surface area contributed by atoms with Gasteiger partial charge in [0, 0.05) is 0 Å². The Hall–Kier alpha value is -0.280. The monoisotopic (exact) mass is 191 g/mol. The molecule has 2 rings (SSSR count). The summed E-state index contributed by atoms with van der Waals surface area (Å²) in [6.45, 7) is 5.19. The quantitative estimate of drug-likeness (QED) is 0.643. The molecule has 2 fully saturated rings. The minimum absolute atomic E-state index is 0. The van der Waals surface area contributed by atoms with Gasteiger partial charge in [-0.1, -0.05) is 13.8 Å². The van der Waals surface area contributed by atoms with Crippen molar-refractivity contribution < 1.29 is 9.90 Å². The molecule has 3 atom stereocenters. The standard InChI is InChI=1S/C8H13NO2.ClH/c1-8(2)4-3-9-6(5(4)8)7(10)11;/h4-6,9H,3H2,1-2H3,(H,10,11);1H/t4-,5+,6+;/m1./s1. The van der Waals surface area contributed by atoms with Crippen LogP contribution in [0.4, 0.5) is 0 Å². The second-order valence-electron chi connectivity index (χ2n) is 4.18. The van der Waals surface area contributed by atoms with E-state index in [0.29, 0.717) is 11.8 Å². The van der Waals surface area contributed by atoms with Crippen LogP contribution in [0.15, 0.2) is 0 Å². The Kier molecular flexibility index (Phi) is 2.13. The molecule has 2 aliphatic rings. The van der Waals surface area contributed by atoms with Gasteiger partial charge in [0.05, 0.1) is 0 Å². The van der Waals surface area contributed by atoms with Crippen LogP contribution in [-0.2, 0) is 4.79 Å². The third kappa shape index (κ3) is 1.04. The van der Waals surface area contributed by atoms with Crippen LogP contribution in [0.2, 0.25) is 0 Å². The van der Waals surface area contributed by atoms with E-state index in [1.165, 1.54) is 0 Å². The highest BCUT2D eigenvalue weighted by Crippen LogP contribution is 2.62. The van der Waals surface area contributed by atoms with Crippen LogP contribution in [0.25, 0.3) is 0 Å². The Bertz CT molecular complexity index is 217. The number of halogens is 1. The number of piperidine rings is 1. The van der Waals surface area contributed by atoms with E-state index in [-0.39, 0.29) is 23.9 Å². The number of carboxylic acid groups (broad SMARTS) is 1. The van der Waals surface area contributed by atoms with E-state index >= 15 is 0 Å². The van der Waals surface area contributed by atoms with Crippen molar-refractivity contribution in [1.82, 2.24) is 5.32 Å². The van der Waals surface area contributed by atoms with Crippen molar-refractivity contribution in [3.63, 3.8) is 0 Å². The zero-order valence-corrected chi connectivity index (χ0v) is 8.02. The molecule has 12 heavy (non-hydrogen) atoms. The molecule has 1 saturated heterocycles. The minimum atomic E-state index is -0.692. The summed E-state index contributed by atoms with van der Waals surface area (Å²) in [4.78, 5) is 10.7. The lowest BCUT2D eigenvalue weighted by molar-refractivity contribution is -0.139. The zero-order chi connectivity index (χ0) is 8.22. The fourth-order valence-electron chi connectivity index (χ4n) is 2.46. The predicted octanol–water partition coefficient (Wildman–Crippen LogP) is 0.737. The van der Waals surface area contributed by atoms with Crippen molar-refractivity contribution in [1.29, 1.82) is 0 Å². The van der Waals surface area contributed by atoms with Gasteiger partial charge in [0.25, 0.3) is 0 Å². The molecular weight excluding hydrogens is 178 g/mol. The number of aliphatic carboxylic acids is 1. The first-order valence-corrected chi connectivity index (χ1v) is 4.01. The lowest BCUT2D eigenvalue weighted by Crippen LogP contribution is -2.37. The molecule has 0 radical (unpaired) electrons. The molecular formula is C8H14ClNO2. The minimum Gasteiger partial charge on any atom is -0.480 e. The summed E-state index contributed by atoms with van der Waals surface area (Å²) in [6.07, 6.45) is 0. The third-order valence-electron chi connectivity index (χ3n) is 3.32. The van der Waals surface area contributed by atoms with E-state index in [2.05, 4.69) is 19.2 Å². The van der Waals surface area contributed by atoms with Gasteiger partial charge in [-0.15, -0.1) is 12.4 Å². The molecule has 0 unspecified atom stereocenters. The first kappa shape index (κ1) is 9.81. The maximum absolute atomic E-state index is 10.7. The average Bonchev–Trinajstić information content (AvgIpc) is 2.34. The van der Waals surface area contributed by atoms with Gasteiger partial charge in [0.15, 0.2) is 0 Å². The smallest absolute Gasteiger partial charge is 0.321 e. The van der Waals surface area contributed by atoms with E-state index in [4.69, 9.17) is 5.11 Å². The lowest BCUT2D eigenvalue weighted by Gasteiger charge is -2.14. The molecule has 1 aliphatic carbocycles. The summed E-state index contributed by atoms with van der Waals surface area (Å²) >= 11 is 0. The summed E-state index contributed by atoms with van der Waals surface area (Å²) in [5.41, 5.74) is 0.272. The number of hydrogen-bond donors (Lipinski definition) is 2. The van der Waals surface area contributed by atoms with E-state index < -0.39 is 5.97 Å². The number of hydrogen-bond acceptors (Lipinski definition) is 2. The Labute approximate surface area is 77.9 Å². The summed E-state index contributed by atoms with van der Waals surface area (Å²) in [7, 11) is 0. The molecule has 0 amide bonds. The summed E-state index contributed by atoms with van der Waals surface area (Å²) in [5, 5.41) is 11.8. The molecule has 0 bridgehead atoms. The fourth-order valence-corrected chi connectivity index (χ4v) is 2.46. The normalized spacial score (nSPS) is 41.3. The number of nitrogens with one attached hydrogen (secondary N) is 1. The Morgan fingerprint density at radius 2 is 2.17 bits per heavy atom. The van der Waals surface area contributed by atoms with Crippen molar-refractivity contribution in [2.45, 2.75) is 19.9 Å². The van der Waals surface area contributed by atoms with Crippen molar-refractivity contribution in [2.75, 3.05) is 6.54 Å². The molecule has 0 aromatic rings. The van der Waals surface area contributed by atoms with Gasteiger partial charge in [-0.3, -0.25) is 4.79 Å². The van der Waals surface area contributed by atoms with Crippen LogP contribution in [0.1, 0.15) is 13.8 Å². The number of fused-ring (bicyclic) bond motifs is 1. The summed E-state index contributed by atoms with van der Waals surface area (Å²) in [5.74, 6) is 0.284. The molecule has 4 heteroatoms. The highest BCUT2D eigenvalue weighted by molar-refractivity contribution is 5.85. The van der Waals surface area contributed by atoms with Crippen LogP contribution < -0.4 is 5.32 Å². The van der Waals surface area contributed by atoms with Gasteiger partial charge in [0.1, 0.15) is 6.04 Å². The summed E-state index contributed by atoms with van der Waals surface area (Å²) in [6, 6.07) is -0.282. The van der Waals surface area contributed by atoms with Gasteiger partial charge in [-0.05, 0) is 23.8 Å². The highest BCUT2D eigenvalue weighted by Gasteiger charge is 2.65. The molecule has 0 spiro atoms. The van der Waals surface area contributed by atoms with Crippen LogP contribution in [-0.4, -0.2) is 23.7 Å². The van der Waals surface area contributed by atoms with E-state index in [1.807, 2.05) is 0 Å². The van der Waals surface area contributed by atoms with Crippen molar-refractivity contribution in [3.8, 4) is 0 Å². The number of carboxylic acids is 1. The fraction of sp³-hybridized carbons (Fsp3) is 0.875. The topological polar surface area (TPSA) is 49.3 Å². The van der Waals surface area contributed by atoms with Gasteiger partial charge < -0.3 is 10.4 Å². The zero-order valence-electron chi connectivity index (χ0n) is 7.20. The van der Waals surface area contributed by atoms with Crippen LogP contribution >= 0.6 is 12.4 Å². The van der Waals surface area contributed by atoms with Gasteiger partial charge >= 0.3 is 5.97 Å². The number of rotatable bonds is 1. The highest BCUT2D eigenvalue weighted by atomic mass is 35.5. The largest absolute Gasteiger partial charge is 0.480 e. The average molecular weight is 192 g/mol. The first-order valence-electron chi connectivity index (χ1n) is 4.01. The second kappa shape index (κ2) is 2.60. The molecule has 1 aliphatic heterocycles. The van der Waals surface area contributed by atoms with Gasteiger partial charge in [0.2, 0.25) is 0 Å². The third-order valence-corrected chi connectivity index (χ3v) is 3.32. The summed E-state index contributed by atoms with van der Waals surface area (Å²) < 4.78 is 0. The molecule has 1 saturated carbocycles. The maximum Gasteiger partial charge on any atom is 0.321 e. The first-order chi connectivity index (χ1) is 5.05. The number of carbonyl (C=O) groups is 1. The Balaban J connectivity index is 0.000000720. The van der Waals surface area contributed by atoms with E-state index in [1.54, 1.807) is 0 Å². The van der Waals surface area contributed by atoms with E-state index in [0.717, 1.165) is 6.54 Å². The second-order valence-corrected chi connectivity index (χ2v) is 4.18. The predicted molar refractivity (Wildman–Crippen MR) is 47.4 cm³/mol. The van der Waals surface area contributed by atoms with Crippen LogP contribution in [0, 0.1) is 17.3 Å². The van der Waals surface area contributed by atoms with E-state index in [9.17, 15) is 4.79 Å². The van der Waals surface area contributed by atoms with Gasteiger partial charge in [-0.2, -0.15) is 0 Å².